The molecule has 1 aliphatic heterocycles. The molecule has 4 unspecified atom stereocenters. The van der Waals surface area contributed by atoms with Gasteiger partial charge in [-0.1, -0.05) is 12.8 Å². The van der Waals surface area contributed by atoms with Crippen LogP contribution in [-0.2, 0) is 17.6 Å². The minimum absolute atomic E-state index is 0.354. The maximum atomic E-state index is 6.16. The predicted octanol–water partition coefficient (Wildman–Crippen LogP) is 3.22. The van der Waals surface area contributed by atoms with Crippen LogP contribution < -0.4 is 10.6 Å². The first kappa shape index (κ1) is 19.4. The second-order valence-electron chi connectivity index (χ2n) is 9.89. The van der Waals surface area contributed by atoms with Crippen LogP contribution in [0.2, 0.25) is 0 Å². The summed E-state index contributed by atoms with van der Waals surface area (Å²) >= 11 is 0. The smallest absolute Gasteiger partial charge is 0.191 e. The average Bonchev–Trinajstić information content (AvgIpc) is 3.43. The number of fused-ring (bicyclic) bond motifs is 3. The molecule has 0 bridgehead atoms. The van der Waals surface area contributed by atoms with Crippen LogP contribution in [0.5, 0.6) is 0 Å². The lowest BCUT2D eigenvalue weighted by molar-refractivity contribution is -0.125. The summed E-state index contributed by atoms with van der Waals surface area (Å²) in [5.74, 6) is 1.67. The second kappa shape index (κ2) is 7.60. The Labute approximate surface area is 174 Å². The Morgan fingerprint density at radius 2 is 2.14 bits per heavy atom. The molecule has 0 radical (unpaired) electrons. The molecule has 5 rings (SSSR count). The van der Waals surface area contributed by atoms with Gasteiger partial charge in [-0.05, 0) is 58.4 Å². The van der Waals surface area contributed by atoms with E-state index in [0.717, 1.165) is 38.4 Å². The Balaban J connectivity index is 1.27. The number of hydrogen-bond acceptors (Lipinski definition) is 3. The van der Waals surface area contributed by atoms with Gasteiger partial charge in [0, 0.05) is 55.2 Å². The second-order valence-corrected chi connectivity index (χ2v) is 9.89. The van der Waals surface area contributed by atoms with Crippen LogP contribution in [0.15, 0.2) is 11.2 Å². The van der Waals surface area contributed by atoms with Gasteiger partial charge in [0.25, 0.3) is 0 Å². The summed E-state index contributed by atoms with van der Waals surface area (Å²) in [7, 11) is 0. The number of guanidine groups is 1. The van der Waals surface area contributed by atoms with E-state index < -0.39 is 0 Å². The van der Waals surface area contributed by atoms with Gasteiger partial charge in [0.15, 0.2) is 5.96 Å². The van der Waals surface area contributed by atoms with E-state index in [4.69, 9.17) is 14.8 Å². The van der Waals surface area contributed by atoms with Gasteiger partial charge in [0.2, 0.25) is 0 Å². The van der Waals surface area contributed by atoms with Crippen molar-refractivity contribution in [1.29, 1.82) is 0 Å². The van der Waals surface area contributed by atoms with Crippen molar-refractivity contribution in [2.24, 2.45) is 16.3 Å². The Bertz CT molecular complexity index is 763. The van der Waals surface area contributed by atoms with Gasteiger partial charge in [-0.3, -0.25) is 9.67 Å². The fourth-order valence-corrected chi connectivity index (χ4v) is 6.44. The summed E-state index contributed by atoms with van der Waals surface area (Å²) in [6.45, 7) is 8.26. The van der Waals surface area contributed by atoms with Crippen molar-refractivity contribution in [3.8, 4) is 0 Å². The molecule has 1 spiro atoms. The molecule has 2 N–H and O–H groups in total. The van der Waals surface area contributed by atoms with E-state index in [0.29, 0.717) is 35.6 Å². The van der Waals surface area contributed by atoms with E-state index in [9.17, 15) is 0 Å². The number of ether oxygens (including phenoxy) is 1. The maximum Gasteiger partial charge on any atom is 0.191 e. The lowest BCUT2D eigenvalue weighted by Crippen LogP contribution is -2.69. The number of aliphatic imine (C=N–C) groups is 1. The Morgan fingerprint density at radius 1 is 1.31 bits per heavy atom. The van der Waals surface area contributed by atoms with Gasteiger partial charge in [-0.2, -0.15) is 5.10 Å². The summed E-state index contributed by atoms with van der Waals surface area (Å²) in [6, 6.07) is 1.36. The summed E-state index contributed by atoms with van der Waals surface area (Å²) in [6.07, 6.45) is 12.5. The zero-order chi connectivity index (χ0) is 20.0. The molecule has 0 amide bonds. The largest absolute Gasteiger partial charge is 0.377 e. The first-order chi connectivity index (χ1) is 14.1. The molecule has 2 saturated carbocycles. The Morgan fingerprint density at radius 3 is 2.90 bits per heavy atom. The van der Waals surface area contributed by atoms with Gasteiger partial charge in [-0.25, -0.2) is 0 Å². The van der Waals surface area contributed by atoms with E-state index in [2.05, 4.69) is 42.3 Å². The highest BCUT2D eigenvalue weighted by molar-refractivity contribution is 5.81. The van der Waals surface area contributed by atoms with Crippen LogP contribution in [-0.4, -0.2) is 47.1 Å². The van der Waals surface area contributed by atoms with Crippen molar-refractivity contribution < 1.29 is 4.74 Å². The predicted molar refractivity (Wildman–Crippen MR) is 115 cm³/mol. The first-order valence-corrected chi connectivity index (χ1v) is 11.9. The molecule has 0 aromatic carbocycles. The van der Waals surface area contributed by atoms with Gasteiger partial charge < -0.3 is 15.4 Å². The van der Waals surface area contributed by atoms with Crippen molar-refractivity contribution in [1.82, 2.24) is 20.4 Å². The van der Waals surface area contributed by atoms with Crippen LogP contribution in [0, 0.1) is 11.3 Å². The van der Waals surface area contributed by atoms with Gasteiger partial charge in [-0.15, -0.1) is 0 Å². The van der Waals surface area contributed by atoms with Crippen molar-refractivity contribution in [2.45, 2.75) is 96.4 Å². The lowest BCUT2D eigenvalue weighted by atomic mass is 9.54. The average molecular weight is 400 g/mol. The van der Waals surface area contributed by atoms with E-state index in [1.54, 1.807) is 0 Å². The first-order valence-electron chi connectivity index (χ1n) is 11.9. The molecule has 4 aliphatic rings. The van der Waals surface area contributed by atoms with Gasteiger partial charge >= 0.3 is 0 Å². The monoisotopic (exact) mass is 399 g/mol. The zero-order valence-electron chi connectivity index (χ0n) is 18.3. The fourth-order valence-electron chi connectivity index (χ4n) is 6.44. The van der Waals surface area contributed by atoms with E-state index in [-0.39, 0.29) is 0 Å². The van der Waals surface area contributed by atoms with E-state index in [1.165, 1.54) is 43.4 Å². The summed E-state index contributed by atoms with van der Waals surface area (Å²) in [5, 5.41) is 12.5. The molecule has 6 nitrogen and oxygen atoms in total. The molecule has 1 saturated heterocycles. The SMILES string of the molecule is CCN=C(NC1CCc2cn(C(C)C)nc2C1)NC1C2CCOC2C12CCCC2. The standard InChI is InChI=1S/C23H37N5O/c1-4-24-22(25-17-8-7-16-14-28(15(2)3)27-19(16)13-17)26-20-18-9-12-29-21(18)23(20)10-5-6-11-23/h14-15,17-18,20-21H,4-13H2,1-3H3,(H2,24,25,26). The molecule has 3 aliphatic carbocycles. The zero-order valence-corrected chi connectivity index (χ0v) is 18.3. The summed E-state index contributed by atoms with van der Waals surface area (Å²) in [5.41, 5.74) is 3.04. The van der Waals surface area contributed by atoms with Crippen LogP contribution in [0.25, 0.3) is 0 Å². The Kier molecular flexibility index (Phi) is 5.09. The van der Waals surface area contributed by atoms with Crippen molar-refractivity contribution >= 4 is 5.96 Å². The summed E-state index contributed by atoms with van der Waals surface area (Å²) < 4.78 is 8.28. The third-order valence-electron chi connectivity index (χ3n) is 7.86. The normalized spacial score (nSPS) is 32.9. The van der Waals surface area contributed by atoms with Crippen LogP contribution >= 0.6 is 0 Å². The molecular weight excluding hydrogens is 362 g/mol. The van der Waals surface area contributed by atoms with E-state index in [1.807, 2.05) is 0 Å². The Hall–Kier alpha value is -1.56. The van der Waals surface area contributed by atoms with E-state index >= 15 is 0 Å². The van der Waals surface area contributed by atoms with Crippen molar-refractivity contribution in [2.75, 3.05) is 13.2 Å². The molecule has 1 aromatic heterocycles. The molecule has 6 heteroatoms. The van der Waals surface area contributed by atoms with Crippen LogP contribution in [0.3, 0.4) is 0 Å². The van der Waals surface area contributed by atoms with Gasteiger partial charge in [0.05, 0.1) is 11.8 Å². The third kappa shape index (κ3) is 3.28. The quantitative estimate of drug-likeness (QED) is 0.603. The van der Waals surface area contributed by atoms with Crippen LogP contribution in [0.1, 0.15) is 76.6 Å². The minimum atomic E-state index is 0.354. The number of aryl methyl sites for hydroxylation is 1. The highest BCUT2D eigenvalue weighted by atomic mass is 16.5. The summed E-state index contributed by atoms with van der Waals surface area (Å²) in [4.78, 5) is 4.83. The van der Waals surface area contributed by atoms with Gasteiger partial charge in [0.1, 0.15) is 0 Å². The highest BCUT2D eigenvalue weighted by Crippen LogP contribution is 2.60. The molecule has 4 atom stereocenters. The number of nitrogens with zero attached hydrogens (tertiary/aromatic N) is 3. The number of aromatic nitrogens is 2. The number of rotatable bonds is 4. The molecule has 1 aromatic rings. The molecule has 29 heavy (non-hydrogen) atoms. The number of nitrogens with one attached hydrogen (secondary N) is 2. The number of hydrogen-bond donors (Lipinski definition) is 2. The topological polar surface area (TPSA) is 63.5 Å². The maximum absolute atomic E-state index is 6.16. The van der Waals surface area contributed by atoms with Crippen molar-refractivity contribution in [3.05, 3.63) is 17.5 Å². The molecular formula is C23H37N5O. The highest BCUT2D eigenvalue weighted by Gasteiger charge is 2.65. The van der Waals surface area contributed by atoms with Crippen molar-refractivity contribution in [3.63, 3.8) is 0 Å². The fraction of sp³-hybridized carbons (Fsp3) is 0.826. The minimum Gasteiger partial charge on any atom is -0.377 e. The molecule has 2 heterocycles. The molecule has 3 fully saturated rings. The lowest BCUT2D eigenvalue weighted by Gasteiger charge is -2.57. The van der Waals surface area contributed by atoms with Crippen LogP contribution in [0.4, 0.5) is 0 Å². The third-order valence-corrected chi connectivity index (χ3v) is 7.86. The molecule has 160 valence electrons.